The van der Waals surface area contributed by atoms with Crippen molar-refractivity contribution in [1.29, 1.82) is 0 Å². The van der Waals surface area contributed by atoms with Gasteiger partial charge in [-0.05, 0) is 0 Å². The van der Waals surface area contributed by atoms with E-state index in [1.54, 1.807) is 0 Å². The SMILES string of the molecule is Nc1ncnc2c1ncn2[C@@H]1O[C@H](C([Se])OC(=O)[C@@H](N)CCS)[C@@H](O)[C@H]1O. The maximum absolute atomic E-state index is 12.0. The second-order valence-electron chi connectivity index (χ2n) is 5.98. The number of hydrogen-bond acceptors (Lipinski definition) is 11. The van der Waals surface area contributed by atoms with Crippen LogP contribution in [0.15, 0.2) is 12.7 Å². The Balaban J connectivity index is 1.77. The molecule has 6 atom stereocenters. The minimum atomic E-state index is -1.33. The summed E-state index contributed by atoms with van der Waals surface area (Å²) in [6.07, 6.45) is -1.70. The molecule has 1 aliphatic heterocycles. The van der Waals surface area contributed by atoms with Gasteiger partial charge in [0.05, 0.1) is 0 Å². The number of aliphatic hydroxyl groups excluding tert-OH is 2. The Morgan fingerprint density at radius 3 is 2.85 bits per heavy atom. The molecule has 0 spiro atoms. The molecule has 0 saturated carbocycles. The van der Waals surface area contributed by atoms with Crippen LogP contribution in [0.4, 0.5) is 5.82 Å². The number of carbonyl (C=O) groups excluding carboxylic acids is 1. The van der Waals surface area contributed by atoms with Crippen LogP contribution in [0, 0.1) is 0 Å². The molecule has 3 rings (SSSR count). The molecule has 13 heteroatoms. The number of rotatable bonds is 6. The van der Waals surface area contributed by atoms with Crippen LogP contribution in [0.25, 0.3) is 11.2 Å². The normalized spacial score (nSPS) is 27.6. The first-order chi connectivity index (χ1) is 12.8. The Morgan fingerprint density at radius 2 is 2.15 bits per heavy atom. The number of thiol groups is 1. The Morgan fingerprint density at radius 1 is 1.41 bits per heavy atom. The monoisotopic (exact) mass is 463 g/mol. The second kappa shape index (κ2) is 8.27. The van der Waals surface area contributed by atoms with E-state index in [0.717, 1.165) is 0 Å². The fraction of sp³-hybridized carbons (Fsp3) is 0.571. The summed E-state index contributed by atoms with van der Waals surface area (Å²) in [6.45, 7) is 0. The van der Waals surface area contributed by atoms with E-state index in [9.17, 15) is 15.0 Å². The Bertz CT molecular complexity index is 824. The van der Waals surface area contributed by atoms with Crippen molar-refractivity contribution in [3.8, 4) is 0 Å². The van der Waals surface area contributed by atoms with Gasteiger partial charge in [-0.2, -0.15) is 0 Å². The van der Waals surface area contributed by atoms with Crippen LogP contribution in [0.5, 0.6) is 0 Å². The first-order valence-electron chi connectivity index (χ1n) is 8.02. The molecule has 0 aliphatic carbocycles. The zero-order valence-electron chi connectivity index (χ0n) is 14.0. The van der Waals surface area contributed by atoms with Crippen molar-refractivity contribution in [1.82, 2.24) is 19.5 Å². The van der Waals surface area contributed by atoms with Gasteiger partial charge in [0.2, 0.25) is 0 Å². The summed E-state index contributed by atoms with van der Waals surface area (Å²) in [5.74, 6) is -0.0524. The number of nitrogens with two attached hydrogens (primary N) is 2. The number of nitrogens with zero attached hydrogens (tertiary/aromatic N) is 4. The second-order valence-corrected chi connectivity index (χ2v) is 7.40. The molecule has 2 aromatic heterocycles. The minimum absolute atomic E-state index is 0.178. The van der Waals surface area contributed by atoms with E-state index in [0.29, 0.717) is 23.3 Å². The third-order valence-electron chi connectivity index (χ3n) is 4.18. The number of aliphatic hydroxyl groups is 2. The Labute approximate surface area is 167 Å². The van der Waals surface area contributed by atoms with E-state index in [4.69, 9.17) is 20.9 Å². The summed E-state index contributed by atoms with van der Waals surface area (Å²) >= 11 is 6.65. The molecule has 1 aliphatic rings. The average molecular weight is 462 g/mol. The number of anilines is 1. The number of esters is 1. The quantitative estimate of drug-likeness (QED) is 0.179. The van der Waals surface area contributed by atoms with Gasteiger partial charge in [0.1, 0.15) is 0 Å². The molecule has 1 fully saturated rings. The van der Waals surface area contributed by atoms with Gasteiger partial charge >= 0.3 is 167 Å². The van der Waals surface area contributed by atoms with Gasteiger partial charge < -0.3 is 0 Å². The molecule has 1 saturated heterocycles. The first kappa shape index (κ1) is 20.3. The van der Waals surface area contributed by atoms with Crippen LogP contribution in [0.2, 0.25) is 0 Å². The van der Waals surface area contributed by atoms with Crippen LogP contribution in [-0.2, 0) is 14.3 Å². The number of aromatic nitrogens is 4. The number of imidazole rings is 1. The van der Waals surface area contributed by atoms with Gasteiger partial charge in [-0.15, -0.1) is 0 Å². The third-order valence-corrected chi connectivity index (χ3v) is 5.20. The molecular weight excluding hydrogens is 443 g/mol. The zero-order chi connectivity index (χ0) is 19.7. The van der Waals surface area contributed by atoms with Crippen molar-refractivity contribution in [2.45, 2.75) is 42.0 Å². The van der Waals surface area contributed by atoms with Crippen LogP contribution < -0.4 is 11.5 Å². The summed E-state index contributed by atoms with van der Waals surface area (Å²) in [4.78, 5) is 24.0. The van der Waals surface area contributed by atoms with Gasteiger partial charge in [0.15, 0.2) is 0 Å². The molecule has 0 bridgehead atoms. The van der Waals surface area contributed by atoms with E-state index in [2.05, 4.69) is 43.6 Å². The van der Waals surface area contributed by atoms with Gasteiger partial charge in [-0.3, -0.25) is 0 Å². The molecule has 6 N–H and O–H groups in total. The molecule has 147 valence electrons. The molecule has 1 unspecified atom stereocenters. The van der Waals surface area contributed by atoms with Crippen molar-refractivity contribution >= 4 is 51.6 Å². The Hall–Kier alpha value is -1.47. The molecule has 27 heavy (non-hydrogen) atoms. The van der Waals surface area contributed by atoms with E-state index in [-0.39, 0.29) is 5.82 Å². The summed E-state index contributed by atoms with van der Waals surface area (Å²) in [5.41, 5.74) is 12.1. The van der Waals surface area contributed by atoms with Gasteiger partial charge in [-0.25, -0.2) is 0 Å². The summed E-state index contributed by atoms with van der Waals surface area (Å²) in [5, 5.41) is 19.8. The van der Waals surface area contributed by atoms with Crippen LogP contribution in [0.3, 0.4) is 0 Å². The van der Waals surface area contributed by atoms with Crippen molar-refractivity contribution in [2.75, 3.05) is 11.5 Å². The summed E-state index contributed by atoms with van der Waals surface area (Å²) in [7, 11) is 0. The summed E-state index contributed by atoms with van der Waals surface area (Å²) in [6, 6.07) is -0.838. The molecule has 1 radical (unpaired) electrons. The molecule has 3 heterocycles. The number of fused-ring (bicyclic) bond motifs is 1. The molecular formula is C14H19N6O5SSe. The fourth-order valence-corrected chi connectivity index (χ4v) is 3.67. The van der Waals surface area contributed by atoms with Crippen LogP contribution >= 0.6 is 12.6 Å². The van der Waals surface area contributed by atoms with Crippen molar-refractivity contribution in [2.24, 2.45) is 5.73 Å². The van der Waals surface area contributed by atoms with Crippen LogP contribution in [-0.4, -0.2) is 86.8 Å². The zero-order valence-corrected chi connectivity index (χ0v) is 16.6. The standard InChI is InChI=1S/C14H19N6O5SSe/c15-5(1-2-26)13(23)25-14(27)9-7(21)8(22)12(24-9)20-4-19-6-10(16)17-3-18-11(6)20/h3-5,7-9,12,14,21-22,26H,1-2,15H2,(H2,16,17,18)/t5-,7-,8+,9-,12+,14?/m0/s1. The molecule has 0 amide bonds. The van der Waals surface area contributed by atoms with E-state index in [1.165, 1.54) is 17.2 Å². The first-order valence-corrected chi connectivity index (χ1v) is 9.64. The molecule has 2 aromatic rings. The van der Waals surface area contributed by atoms with Crippen molar-refractivity contribution in [3.63, 3.8) is 0 Å². The van der Waals surface area contributed by atoms with Gasteiger partial charge in [0.25, 0.3) is 0 Å². The fourth-order valence-electron chi connectivity index (χ4n) is 2.72. The van der Waals surface area contributed by atoms with E-state index >= 15 is 0 Å². The van der Waals surface area contributed by atoms with Gasteiger partial charge in [0, 0.05) is 0 Å². The number of ether oxygens (including phenoxy) is 2. The predicted molar refractivity (Wildman–Crippen MR) is 97.7 cm³/mol. The molecule has 11 nitrogen and oxygen atoms in total. The summed E-state index contributed by atoms with van der Waals surface area (Å²) < 4.78 is 12.4. The van der Waals surface area contributed by atoms with Crippen molar-refractivity contribution in [3.05, 3.63) is 12.7 Å². The van der Waals surface area contributed by atoms with E-state index in [1.807, 2.05) is 0 Å². The molecule has 0 aromatic carbocycles. The van der Waals surface area contributed by atoms with Crippen LogP contribution in [0.1, 0.15) is 12.6 Å². The van der Waals surface area contributed by atoms with Crippen molar-refractivity contribution < 1.29 is 24.5 Å². The average Bonchev–Trinajstić information content (AvgIpc) is 3.18. The number of hydrogen-bond donors (Lipinski definition) is 5. The number of carbonyl (C=O) groups is 1. The maximum atomic E-state index is 12.0. The number of nitrogen functional groups attached to an aromatic ring is 1. The predicted octanol–water partition coefficient (Wildman–Crippen LogP) is -2.29. The third kappa shape index (κ3) is 3.90. The van der Waals surface area contributed by atoms with Gasteiger partial charge in [-0.1, -0.05) is 0 Å². The topological polar surface area (TPSA) is 172 Å². The Kier molecular flexibility index (Phi) is 6.21. The van der Waals surface area contributed by atoms with E-state index < -0.39 is 41.6 Å².